The maximum Gasteiger partial charge on any atom is 0.305 e. The average Bonchev–Trinajstić information content (AvgIpc) is 2.29. The minimum atomic E-state index is -0.557. The summed E-state index contributed by atoms with van der Waals surface area (Å²) in [7, 11) is 0. The molecule has 4 nitrogen and oxygen atoms in total. The predicted octanol–water partition coefficient (Wildman–Crippen LogP) is 2.63. The van der Waals surface area contributed by atoms with Crippen LogP contribution in [0, 0.1) is 0 Å². The molecule has 0 aliphatic heterocycles. The van der Waals surface area contributed by atoms with Crippen LogP contribution in [0.25, 0.3) is 0 Å². The molecule has 0 bridgehead atoms. The Kier molecular flexibility index (Phi) is 6.73. The van der Waals surface area contributed by atoms with Crippen molar-refractivity contribution in [1.82, 2.24) is 0 Å². The monoisotopic (exact) mass is 274 g/mol. The molecule has 1 aromatic rings. The van der Waals surface area contributed by atoms with Crippen LogP contribution in [0.1, 0.15) is 27.2 Å². The molecular formula is C13H19ClO4. The molecule has 18 heavy (non-hydrogen) atoms. The van der Waals surface area contributed by atoms with Gasteiger partial charge in [0.2, 0.25) is 0 Å². The second kappa shape index (κ2) is 7.24. The second-order valence-electron chi connectivity index (χ2n) is 4.33. The summed E-state index contributed by atoms with van der Waals surface area (Å²) in [6, 6.07) is 7.08. The molecule has 0 unspecified atom stereocenters. The Hall–Kier alpha value is -1.26. The summed E-state index contributed by atoms with van der Waals surface area (Å²) in [5, 5.41) is 0.660. The Bertz CT molecular complexity index is 373. The van der Waals surface area contributed by atoms with E-state index in [4.69, 9.17) is 21.1 Å². The van der Waals surface area contributed by atoms with Crippen LogP contribution in [-0.4, -0.2) is 23.7 Å². The van der Waals surface area contributed by atoms with Crippen LogP contribution in [0.4, 0.5) is 0 Å². The summed E-state index contributed by atoms with van der Waals surface area (Å²) in [6.45, 7) is 5.72. The van der Waals surface area contributed by atoms with Gasteiger partial charge in [-0.3, -0.25) is 4.79 Å². The van der Waals surface area contributed by atoms with Crippen LogP contribution in [0.2, 0.25) is 5.02 Å². The molecule has 0 atom stereocenters. The first kappa shape index (κ1) is 16.7. The number of esters is 1. The zero-order valence-electron chi connectivity index (χ0n) is 10.8. The third-order valence-corrected chi connectivity index (χ3v) is 2.33. The first-order chi connectivity index (χ1) is 7.93. The van der Waals surface area contributed by atoms with Gasteiger partial charge in [-0.15, -0.1) is 0 Å². The van der Waals surface area contributed by atoms with E-state index < -0.39 is 5.60 Å². The summed E-state index contributed by atoms with van der Waals surface area (Å²) in [5.41, 5.74) is -0.557. The van der Waals surface area contributed by atoms with Crippen LogP contribution >= 0.6 is 11.6 Å². The minimum Gasteiger partial charge on any atom is -0.484 e. The zero-order chi connectivity index (χ0) is 12.9. The highest BCUT2D eigenvalue weighted by atomic mass is 35.5. The standard InChI is InChI=1S/C13H17ClO3.H2O/c1-4-12(15)16-9-13(2,3)17-11-7-5-10(14)6-8-11;/h5-8H,4,9H2,1-3H3;1H2. The summed E-state index contributed by atoms with van der Waals surface area (Å²) in [4.78, 5) is 11.1. The Morgan fingerprint density at radius 1 is 1.28 bits per heavy atom. The lowest BCUT2D eigenvalue weighted by Gasteiger charge is -2.25. The largest absolute Gasteiger partial charge is 0.484 e. The van der Waals surface area contributed by atoms with Gasteiger partial charge in [-0.2, -0.15) is 0 Å². The van der Waals surface area contributed by atoms with Gasteiger partial charge < -0.3 is 14.9 Å². The van der Waals surface area contributed by atoms with Gasteiger partial charge in [0.25, 0.3) is 0 Å². The van der Waals surface area contributed by atoms with Crippen LogP contribution in [0.5, 0.6) is 5.75 Å². The molecular weight excluding hydrogens is 256 g/mol. The average molecular weight is 275 g/mol. The molecule has 0 saturated heterocycles. The molecule has 2 N–H and O–H groups in total. The molecule has 0 heterocycles. The third kappa shape index (κ3) is 5.89. The number of carbonyl (C=O) groups is 1. The summed E-state index contributed by atoms with van der Waals surface area (Å²) in [5.74, 6) is 0.477. The van der Waals surface area contributed by atoms with Crippen LogP contribution in [0.3, 0.4) is 0 Å². The molecule has 1 aromatic carbocycles. The van der Waals surface area contributed by atoms with Gasteiger partial charge >= 0.3 is 5.97 Å². The van der Waals surface area contributed by atoms with Crippen molar-refractivity contribution in [2.45, 2.75) is 32.8 Å². The molecule has 1 rings (SSSR count). The zero-order valence-corrected chi connectivity index (χ0v) is 11.6. The fourth-order valence-electron chi connectivity index (χ4n) is 1.21. The maximum atomic E-state index is 11.1. The number of hydrogen-bond acceptors (Lipinski definition) is 3. The molecule has 102 valence electrons. The SMILES string of the molecule is CCC(=O)OCC(C)(C)Oc1ccc(Cl)cc1.O. The first-order valence-corrected chi connectivity index (χ1v) is 5.91. The van der Waals surface area contributed by atoms with E-state index in [1.165, 1.54) is 0 Å². The van der Waals surface area contributed by atoms with Crippen molar-refractivity contribution in [1.29, 1.82) is 0 Å². The number of benzene rings is 1. The highest BCUT2D eigenvalue weighted by Crippen LogP contribution is 2.21. The second-order valence-corrected chi connectivity index (χ2v) is 4.77. The highest BCUT2D eigenvalue weighted by Gasteiger charge is 2.22. The maximum absolute atomic E-state index is 11.1. The van der Waals surface area contributed by atoms with Gasteiger partial charge in [-0.1, -0.05) is 18.5 Å². The van der Waals surface area contributed by atoms with Gasteiger partial charge in [-0.05, 0) is 38.1 Å². The molecule has 0 aliphatic carbocycles. The predicted molar refractivity (Wildman–Crippen MR) is 71.0 cm³/mol. The van der Waals surface area contributed by atoms with Crippen molar-refractivity contribution in [3.05, 3.63) is 29.3 Å². The fraction of sp³-hybridized carbons (Fsp3) is 0.462. The topological polar surface area (TPSA) is 67.0 Å². The number of halogens is 1. The Morgan fingerprint density at radius 2 is 1.83 bits per heavy atom. The van der Waals surface area contributed by atoms with E-state index in [-0.39, 0.29) is 18.1 Å². The van der Waals surface area contributed by atoms with Gasteiger partial charge in [0.15, 0.2) is 0 Å². The lowest BCUT2D eigenvalue weighted by atomic mass is 10.1. The van der Waals surface area contributed by atoms with E-state index in [0.29, 0.717) is 17.2 Å². The Balaban J connectivity index is 0.00000289. The van der Waals surface area contributed by atoms with Crippen molar-refractivity contribution in [3.63, 3.8) is 0 Å². The van der Waals surface area contributed by atoms with E-state index in [9.17, 15) is 4.79 Å². The molecule has 0 amide bonds. The van der Waals surface area contributed by atoms with Crippen molar-refractivity contribution in [2.75, 3.05) is 6.61 Å². The van der Waals surface area contributed by atoms with E-state index in [1.54, 1.807) is 31.2 Å². The van der Waals surface area contributed by atoms with Crippen molar-refractivity contribution in [2.24, 2.45) is 0 Å². The first-order valence-electron chi connectivity index (χ1n) is 5.53. The molecule has 0 spiro atoms. The number of rotatable bonds is 5. The molecule has 5 heteroatoms. The lowest BCUT2D eigenvalue weighted by Crippen LogP contribution is -2.35. The normalized spacial score (nSPS) is 10.4. The van der Waals surface area contributed by atoms with Gasteiger partial charge in [-0.25, -0.2) is 0 Å². The summed E-state index contributed by atoms with van der Waals surface area (Å²) >= 11 is 5.78. The third-order valence-electron chi connectivity index (χ3n) is 2.08. The van der Waals surface area contributed by atoms with Crippen LogP contribution < -0.4 is 4.74 Å². The quantitative estimate of drug-likeness (QED) is 0.775. The molecule has 0 aromatic heterocycles. The smallest absolute Gasteiger partial charge is 0.305 e. The lowest BCUT2D eigenvalue weighted by molar-refractivity contribution is -0.148. The van der Waals surface area contributed by atoms with Crippen LogP contribution in [-0.2, 0) is 9.53 Å². The molecule has 0 saturated carbocycles. The van der Waals surface area contributed by atoms with Gasteiger partial charge in [0.05, 0.1) is 0 Å². The Morgan fingerprint density at radius 3 is 2.33 bits per heavy atom. The molecule has 0 fully saturated rings. The van der Waals surface area contributed by atoms with Gasteiger partial charge in [0.1, 0.15) is 18.0 Å². The molecule has 0 radical (unpaired) electrons. The highest BCUT2D eigenvalue weighted by molar-refractivity contribution is 6.30. The number of ether oxygens (including phenoxy) is 2. The van der Waals surface area contributed by atoms with Crippen molar-refractivity contribution < 1.29 is 19.7 Å². The Labute approximate surface area is 112 Å². The summed E-state index contributed by atoms with van der Waals surface area (Å²) in [6.07, 6.45) is 0.372. The van der Waals surface area contributed by atoms with E-state index in [1.807, 2.05) is 13.8 Å². The van der Waals surface area contributed by atoms with Gasteiger partial charge in [0, 0.05) is 11.4 Å². The minimum absolute atomic E-state index is 0. The van der Waals surface area contributed by atoms with E-state index >= 15 is 0 Å². The van der Waals surface area contributed by atoms with E-state index in [0.717, 1.165) is 0 Å². The number of carbonyl (C=O) groups excluding carboxylic acids is 1. The van der Waals surface area contributed by atoms with Crippen molar-refractivity contribution >= 4 is 17.6 Å². The van der Waals surface area contributed by atoms with Crippen LogP contribution in [0.15, 0.2) is 24.3 Å². The van der Waals surface area contributed by atoms with E-state index in [2.05, 4.69) is 0 Å². The number of hydrogen-bond donors (Lipinski definition) is 0. The summed E-state index contributed by atoms with van der Waals surface area (Å²) < 4.78 is 10.8. The fourth-order valence-corrected chi connectivity index (χ4v) is 1.33. The van der Waals surface area contributed by atoms with Crippen molar-refractivity contribution in [3.8, 4) is 5.75 Å². The molecule has 0 aliphatic rings.